The largest absolute Gasteiger partial charge is 0.507 e. The maximum atomic E-state index is 12.3. The molecule has 3 heterocycles. The van der Waals surface area contributed by atoms with Crippen molar-refractivity contribution in [1.29, 1.82) is 0 Å². The van der Waals surface area contributed by atoms with E-state index in [1.807, 2.05) is 12.1 Å². The average molecular weight is 364 g/mol. The Labute approximate surface area is 153 Å². The lowest BCUT2D eigenvalue weighted by Crippen LogP contribution is -2.12. The molecule has 0 atom stereocenters. The quantitative estimate of drug-likeness (QED) is 0.464. The van der Waals surface area contributed by atoms with Crippen molar-refractivity contribution >= 4 is 22.8 Å². The van der Waals surface area contributed by atoms with Gasteiger partial charge in [0.1, 0.15) is 11.6 Å². The zero-order chi connectivity index (χ0) is 18.8. The van der Waals surface area contributed by atoms with Crippen LogP contribution >= 0.6 is 0 Å². The number of anilines is 1. The lowest BCUT2D eigenvalue weighted by atomic mass is 10.1. The van der Waals surface area contributed by atoms with Crippen LogP contribution in [0.5, 0.6) is 5.75 Å². The molecule has 1 aromatic carbocycles. The zero-order valence-electron chi connectivity index (χ0n) is 14.4. The molecule has 0 spiro atoms. The minimum atomic E-state index is -0.179. The van der Waals surface area contributed by atoms with E-state index in [0.29, 0.717) is 35.0 Å². The Bertz CT molecular complexity index is 1080. The van der Waals surface area contributed by atoms with E-state index in [9.17, 15) is 9.90 Å². The molecule has 0 bridgehead atoms. The van der Waals surface area contributed by atoms with Gasteiger partial charge in [-0.05, 0) is 30.3 Å². The topological polar surface area (TPSA) is 130 Å². The summed E-state index contributed by atoms with van der Waals surface area (Å²) in [5.74, 6) is 1.09. The number of hydrogen-bond acceptors (Lipinski definition) is 7. The van der Waals surface area contributed by atoms with Gasteiger partial charge in [-0.15, -0.1) is 10.2 Å². The van der Waals surface area contributed by atoms with Gasteiger partial charge in [-0.3, -0.25) is 4.79 Å². The van der Waals surface area contributed by atoms with Crippen LogP contribution in [0.2, 0.25) is 0 Å². The molecule has 4 aromatic rings. The van der Waals surface area contributed by atoms with Crippen LogP contribution in [0.3, 0.4) is 0 Å². The molecule has 3 aromatic heterocycles. The van der Waals surface area contributed by atoms with Gasteiger partial charge in [0.25, 0.3) is 5.89 Å². The second-order valence-corrected chi connectivity index (χ2v) is 5.96. The highest BCUT2D eigenvalue weighted by Gasteiger charge is 2.13. The van der Waals surface area contributed by atoms with Gasteiger partial charge in [-0.25, -0.2) is 9.97 Å². The number of phenolic OH excluding ortho intramolecular Hbond substituents is 1. The molecule has 0 fully saturated rings. The highest BCUT2D eigenvalue weighted by molar-refractivity contribution is 5.91. The Morgan fingerprint density at radius 1 is 1.30 bits per heavy atom. The summed E-state index contributed by atoms with van der Waals surface area (Å²) in [6.07, 6.45) is 2.37. The standard InChI is InChI=1S/C18H16N6O3/c1-10-23-24-18(27-10)12-9-11(4-5-14(12)25)20-16(26)7-6-15-21-13-3-2-8-19-17(13)22-15/h2-5,8-9,25H,6-7H2,1H3,(H,20,26)(H,19,21,22). The first kappa shape index (κ1) is 16.7. The molecule has 4 rings (SSSR count). The van der Waals surface area contributed by atoms with E-state index in [-0.39, 0.29) is 24.0 Å². The molecule has 0 saturated heterocycles. The SMILES string of the molecule is Cc1nnc(-c2cc(NC(=O)CCc3nc4ncccc4[nH]3)ccc2O)o1. The number of nitrogens with one attached hydrogen (secondary N) is 2. The normalized spacial score (nSPS) is 11.0. The van der Waals surface area contributed by atoms with Crippen LogP contribution in [-0.2, 0) is 11.2 Å². The molecule has 9 nitrogen and oxygen atoms in total. The molecular formula is C18H16N6O3. The number of carbonyl (C=O) groups excluding carboxylic acids is 1. The molecule has 0 aliphatic rings. The lowest BCUT2D eigenvalue weighted by molar-refractivity contribution is -0.116. The number of pyridine rings is 1. The maximum absolute atomic E-state index is 12.3. The molecule has 9 heteroatoms. The summed E-state index contributed by atoms with van der Waals surface area (Å²) in [5.41, 5.74) is 2.35. The monoisotopic (exact) mass is 364 g/mol. The third-order valence-electron chi connectivity index (χ3n) is 3.93. The van der Waals surface area contributed by atoms with E-state index in [1.165, 1.54) is 6.07 Å². The number of aromatic nitrogens is 5. The number of rotatable bonds is 5. The summed E-state index contributed by atoms with van der Waals surface area (Å²) in [6.45, 7) is 1.66. The molecule has 3 N–H and O–H groups in total. The number of benzene rings is 1. The van der Waals surface area contributed by atoms with E-state index in [4.69, 9.17) is 4.42 Å². The summed E-state index contributed by atoms with van der Waals surface area (Å²) in [6, 6.07) is 8.37. The van der Waals surface area contributed by atoms with Crippen LogP contribution in [0.1, 0.15) is 18.1 Å². The van der Waals surface area contributed by atoms with E-state index < -0.39 is 0 Å². The first-order valence-corrected chi connectivity index (χ1v) is 8.31. The smallest absolute Gasteiger partial charge is 0.251 e. The van der Waals surface area contributed by atoms with E-state index in [2.05, 4.69) is 30.5 Å². The number of carbonyl (C=O) groups is 1. The van der Waals surface area contributed by atoms with E-state index in [0.717, 1.165) is 5.52 Å². The fraction of sp³-hybridized carbons (Fsp3) is 0.167. The first-order valence-electron chi connectivity index (χ1n) is 8.31. The predicted octanol–water partition coefficient (Wildman–Crippen LogP) is 2.59. The number of aromatic hydroxyl groups is 1. The summed E-state index contributed by atoms with van der Waals surface area (Å²) in [4.78, 5) is 23.9. The minimum Gasteiger partial charge on any atom is -0.507 e. The summed E-state index contributed by atoms with van der Waals surface area (Å²) in [5, 5.41) is 20.4. The third-order valence-corrected chi connectivity index (χ3v) is 3.93. The maximum Gasteiger partial charge on any atom is 0.251 e. The molecule has 0 unspecified atom stereocenters. The minimum absolute atomic E-state index is 0.00794. The molecule has 0 radical (unpaired) electrons. The first-order chi connectivity index (χ1) is 13.1. The number of aromatic amines is 1. The summed E-state index contributed by atoms with van der Waals surface area (Å²) in [7, 11) is 0. The van der Waals surface area contributed by atoms with Crippen LogP contribution in [-0.4, -0.2) is 36.2 Å². The van der Waals surface area contributed by atoms with Gasteiger partial charge in [-0.1, -0.05) is 0 Å². The molecule has 0 saturated carbocycles. The fourth-order valence-electron chi connectivity index (χ4n) is 2.66. The molecule has 0 aliphatic carbocycles. The van der Waals surface area contributed by atoms with Gasteiger partial charge in [-0.2, -0.15) is 0 Å². The highest BCUT2D eigenvalue weighted by atomic mass is 16.4. The second kappa shape index (κ2) is 6.87. The Hall–Kier alpha value is -3.75. The number of nitrogens with zero attached hydrogens (tertiary/aromatic N) is 4. The highest BCUT2D eigenvalue weighted by Crippen LogP contribution is 2.30. The van der Waals surface area contributed by atoms with Crippen LogP contribution in [0.4, 0.5) is 5.69 Å². The van der Waals surface area contributed by atoms with Crippen LogP contribution in [0.25, 0.3) is 22.6 Å². The van der Waals surface area contributed by atoms with Crippen molar-refractivity contribution in [3.8, 4) is 17.2 Å². The van der Waals surface area contributed by atoms with Crippen molar-refractivity contribution < 1.29 is 14.3 Å². The Balaban J connectivity index is 1.43. The Morgan fingerprint density at radius 3 is 2.96 bits per heavy atom. The van der Waals surface area contributed by atoms with E-state index >= 15 is 0 Å². The number of phenols is 1. The van der Waals surface area contributed by atoms with Crippen LogP contribution in [0, 0.1) is 6.92 Å². The number of imidazole rings is 1. The predicted molar refractivity (Wildman–Crippen MR) is 97.0 cm³/mol. The Morgan fingerprint density at radius 2 is 2.19 bits per heavy atom. The number of aryl methyl sites for hydroxylation is 2. The van der Waals surface area contributed by atoms with Crippen molar-refractivity contribution in [1.82, 2.24) is 25.1 Å². The number of fused-ring (bicyclic) bond motifs is 1. The number of amides is 1. The molecular weight excluding hydrogens is 348 g/mol. The van der Waals surface area contributed by atoms with Crippen molar-refractivity contribution in [2.24, 2.45) is 0 Å². The van der Waals surface area contributed by atoms with Gasteiger partial charge in [0.05, 0.1) is 11.1 Å². The number of H-pyrrole nitrogens is 1. The van der Waals surface area contributed by atoms with Crippen molar-refractivity contribution in [2.45, 2.75) is 19.8 Å². The summed E-state index contributed by atoms with van der Waals surface area (Å²) >= 11 is 0. The van der Waals surface area contributed by atoms with Gasteiger partial charge in [0, 0.05) is 31.6 Å². The molecule has 0 aliphatic heterocycles. The van der Waals surface area contributed by atoms with Gasteiger partial charge < -0.3 is 19.8 Å². The third kappa shape index (κ3) is 3.61. The second-order valence-electron chi connectivity index (χ2n) is 5.96. The molecule has 1 amide bonds. The summed E-state index contributed by atoms with van der Waals surface area (Å²) < 4.78 is 5.33. The van der Waals surface area contributed by atoms with Crippen molar-refractivity contribution in [3.63, 3.8) is 0 Å². The van der Waals surface area contributed by atoms with Crippen LogP contribution < -0.4 is 5.32 Å². The van der Waals surface area contributed by atoms with Gasteiger partial charge in [0.15, 0.2) is 5.65 Å². The Kier molecular flexibility index (Phi) is 4.25. The zero-order valence-corrected chi connectivity index (χ0v) is 14.4. The molecule has 27 heavy (non-hydrogen) atoms. The average Bonchev–Trinajstić information content (AvgIpc) is 3.27. The fourth-order valence-corrected chi connectivity index (χ4v) is 2.66. The van der Waals surface area contributed by atoms with Crippen molar-refractivity contribution in [2.75, 3.05) is 5.32 Å². The number of hydrogen-bond donors (Lipinski definition) is 3. The van der Waals surface area contributed by atoms with Crippen LogP contribution in [0.15, 0.2) is 40.9 Å². The van der Waals surface area contributed by atoms with Gasteiger partial charge in [0.2, 0.25) is 11.8 Å². The molecule has 136 valence electrons. The van der Waals surface area contributed by atoms with Crippen molar-refractivity contribution in [3.05, 3.63) is 48.2 Å². The van der Waals surface area contributed by atoms with E-state index in [1.54, 1.807) is 25.3 Å². The lowest BCUT2D eigenvalue weighted by Gasteiger charge is -2.07. The van der Waals surface area contributed by atoms with Gasteiger partial charge >= 0.3 is 0 Å².